The minimum atomic E-state index is -0.675. The van der Waals surface area contributed by atoms with Gasteiger partial charge in [-0.2, -0.15) is 0 Å². The Kier molecular flexibility index (Phi) is 4.52. The number of phenols is 1. The summed E-state index contributed by atoms with van der Waals surface area (Å²) in [5.41, 5.74) is -0.182. The molecule has 2 amide bonds. The van der Waals surface area contributed by atoms with Gasteiger partial charge in [0, 0.05) is 26.2 Å². The molecule has 0 aliphatic carbocycles. The summed E-state index contributed by atoms with van der Waals surface area (Å²) in [4.78, 5) is 25.3. The molecule has 1 aromatic carbocycles. The number of hydrogen-bond acceptors (Lipinski definition) is 4. The molecule has 2 rings (SSSR count). The summed E-state index contributed by atoms with van der Waals surface area (Å²) in [6.45, 7) is 2.48. The summed E-state index contributed by atoms with van der Waals surface area (Å²) in [5, 5.41) is 15.0. The molecule has 0 saturated carbocycles. The Morgan fingerprint density at radius 1 is 1.35 bits per heavy atom. The maximum absolute atomic E-state index is 13.0. The highest BCUT2D eigenvalue weighted by Crippen LogP contribution is 2.17. The fourth-order valence-electron chi connectivity index (χ4n) is 1.97. The minimum Gasteiger partial charge on any atom is -0.507 e. The Hall–Kier alpha value is -2.15. The largest absolute Gasteiger partial charge is 0.507 e. The molecule has 1 aromatic rings. The van der Waals surface area contributed by atoms with Crippen LogP contribution in [0, 0.1) is 5.82 Å². The summed E-state index contributed by atoms with van der Waals surface area (Å²) < 4.78 is 13.0. The quantitative estimate of drug-likeness (QED) is 0.710. The summed E-state index contributed by atoms with van der Waals surface area (Å²) >= 11 is 0. The van der Waals surface area contributed by atoms with E-state index in [0.29, 0.717) is 13.1 Å². The van der Waals surface area contributed by atoms with Crippen LogP contribution in [0.15, 0.2) is 18.2 Å². The van der Waals surface area contributed by atoms with Crippen LogP contribution in [0.25, 0.3) is 0 Å². The third kappa shape index (κ3) is 3.45. The van der Waals surface area contributed by atoms with E-state index < -0.39 is 11.7 Å². The molecule has 7 heteroatoms. The number of phenolic OH excluding ortho intramolecular Hbond substituents is 1. The SMILES string of the molecule is O=C(NCC(=O)N1CCNCC1)c1cc(F)ccc1O. The zero-order valence-electron chi connectivity index (χ0n) is 10.9. The van der Waals surface area contributed by atoms with Crippen LogP contribution < -0.4 is 10.6 Å². The number of carbonyl (C=O) groups excluding carboxylic acids is 2. The molecule has 0 spiro atoms. The zero-order chi connectivity index (χ0) is 14.5. The monoisotopic (exact) mass is 281 g/mol. The van der Waals surface area contributed by atoms with Crippen LogP contribution in [0.3, 0.4) is 0 Å². The molecule has 20 heavy (non-hydrogen) atoms. The van der Waals surface area contributed by atoms with E-state index in [1.807, 2.05) is 0 Å². The lowest BCUT2D eigenvalue weighted by atomic mass is 10.2. The van der Waals surface area contributed by atoms with Gasteiger partial charge in [0.25, 0.3) is 5.91 Å². The molecule has 1 aliphatic heterocycles. The van der Waals surface area contributed by atoms with Crippen molar-refractivity contribution in [1.29, 1.82) is 0 Å². The number of hydrogen-bond donors (Lipinski definition) is 3. The lowest BCUT2D eigenvalue weighted by Crippen LogP contribution is -2.49. The number of rotatable bonds is 3. The Morgan fingerprint density at radius 3 is 2.75 bits per heavy atom. The standard InChI is InChI=1S/C13H16FN3O3/c14-9-1-2-11(18)10(7-9)13(20)16-8-12(19)17-5-3-15-4-6-17/h1-2,7,15,18H,3-6,8H2,(H,16,20). The Labute approximate surface area is 115 Å². The van der Waals surface area contributed by atoms with E-state index in [1.54, 1.807) is 4.90 Å². The molecule has 0 atom stereocenters. The highest BCUT2D eigenvalue weighted by atomic mass is 19.1. The number of piperazine rings is 1. The van der Waals surface area contributed by atoms with E-state index in [4.69, 9.17) is 0 Å². The van der Waals surface area contributed by atoms with Crippen molar-refractivity contribution in [2.75, 3.05) is 32.7 Å². The molecule has 0 unspecified atom stereocenters. The maximum atomic E-state index is 13.0. The molecule has 1 fully saturated rings. The van der Waals surface area contributed by atoms with E-state index in [-0.39, 0.29) is 23.8 Å². The summed E-state index contributed by atoms with van der Waals surface area (Å²) in [6, 6.07) is 3.08. The summed E-state index contributed by atoms with van der Waals surface area (Å²) in [6.07, 6.45) is 0. The van der Waals surface area contributed by atoms with Gasteiger partial charge < -0.3 is 20.6 Å². The van der Waals surface area contributed by atoms with Gasteiger partial charge in [0.2, 0.25) is 5.91 Å². The molecule has 1 saturated heterocycles. The minimum absolute atomic E-state index is 0.172. The van der Waals surface area contributed by atoms with Crippen molar-refractivity contribution in [2.24, 2.45) is 0 Å². The second-order valence-corrected chi connectivity index (χ2v) is 4.47. The van der Waals surface area contributed by atoms with E-state index in [0.717, 1.165) is 31.3 Å². The average molecular weight is 281 g/mol. The van der Waals surface area contributed by atoms with Gasteiger partial charge in [-0.25, -0.2) is 4.39 Å². The second kappa shape index (κ2) is 6.33. The molecule has 3 N–H and O–H groups in total. The van der Waals surface area contributed by atoms with Crippen LogP contribution in [0.1, 0.15) is 10.4 Å². The van der Waals surface area contributed by atoms with Crippen LogP contribution >= 0.6 is 0 Å². The molecule has 0 radical (unpaired) electrons. The molecule has 1 aliphatic rings. The number of aromatic hydroxyl groups is 1. The van der Waals surface area contributed by atoms with Crippen LogP contribution in [-0.4, -0.2) is 54.5 Å². The molecule has 0 aromatic heterocycles. The van der Waals surface area contributed by atoms with Gasteiger partial charge in [0.05, 0.1) is 12.1 Å². The molecular weight excluding hydrogens is 265 g/mol. The number of carbonyl (C=O) groups is 2. The first-order chi connectivity index (χ1) is 9.58. The second-order valence-electron chi connectivity index (χ2n) is 4.47. The van der Waals surface area contributed by atoms with E-state index >= 15 is 0 Å². The van der Waals surface area contributed by atoms with Crippen molar-refractivity contribution in [3.8, 4) is 5.75 Å². The predicted molar refractivity (Wildman–Crippen MR) is 69.8 cm³/mol. The van der Waals surface area contributed by atoms with Crippen molar-refractivity contribution in [1.82, 2.24) is 15.5 Å². The van der Waals surface area contributed by atoms with E-state index in [9.17, 15) is 19.1 Å². The van der Waals surface area contributed by atoms with Gasteiger partial charge in [0.1, 0.15) is 11.6 Å². The molecular formula is C13H16FN3O3. The Balaban J connectivity index is 1.91. The smallest absolute Gasteiger partial charge is 0.255 e. The van der Waals surface area contributed by atoms with Crippen molar-refractivity contribution >= 4 is 11.8 Å². The Bertz CT molecular complexity index is 516. The third-order valence-corrected chi connectivity index (χ3v) is 3.07. The number of benzene rings is 1. The fraction of sp³-hybridized carbons (Fsp3) is 0.385. The van der Waals surface area contributed by atoms with Crippen molar-refractivity contribution in [3.05, 3.63) is 29.6 Å². The maximum Gasteiger partial charge on any atom is 0.255 e. The number of nitrogens with one attached hydrogen (secondary N) is 2. The van der Waals surface area contributed by atoms with E-state index in [1.165, 1.54) is 0 Å². The van der Waals surface area contributed by atoms with Gasteiger partial charge in [-0.1, -0.05) is 0 Å². The number of halogens is 1. The first-order valence-electron chi connectivity index (χ1n) is 6.33. The van der Waals surface area contributed by atoms with Gasteiger partial charge in [-0.15, -0.1) is 0 Å². The van der Waals surface area contributed by atoms with Gasteiger partial charge in [0.15, 0.2) is 0 Å². The van der Waals surface area contributed by atoms with Gasteiger partial charge >= 0.3 is 0 Å². The van der Waals surface area contributed by atoms with Crippen molar-refractivity contribution in [2.45, 2.75) is 0 Å². The van der Waals surface area contributed by atoms with Crippen LogP contribution in [0.5, 0.6) is 5.75 Å². The van der Waals surface area contributed by atoms with E-state index in [2.05, 4.69) is 10.6 Å². The predicted octanol–water partition coefficient (Wildman–Crippen LogP) is -0.307. The Morgan fingerprint density at radius 2 is 2.05 bits per heavy atom. The fourth-order valence-corrected chi connectivity index (χ4v) is 1.97. The molecule has 108 valence electrons. The molecule has 6 nitrogen and oxygen atoms in total. The first-order valence-corrected chi connectivity index (χ1v) is 6.33. The highest BCUT2D eigenvalue weighted by molar-refractivity contribution is 5.98. The summed E-state index contributed by atoms with van der Waals surface area (Å²) in [5.74, 6) is -1.82. The first kappa shape index (κ1) is 14.3. The zero-order valence-corrected chi connectivity index (χ0v) is 10.9. The summed E-state index contributed by atoms with van der Waals surface area (Å²) in [7, 11) is 0. The average Bonchev–Trinajstić information content (AvgIpc) is 2.47. The van der Waals surface area contributed by atoms with Gasteiger partial charge in [-0.05, 0) is 18.2 Å². The third-order valence-electron chi connectivity index (χ3n) is 3.07. The van der Waals surface area contributed by atoms with Crippen molar-refractivity contribution in [3.63, 3.8) is 0 Å². The topological polar surface area (TPSA) is 81.7 Å². The lowest BCUT2D eigenvalue weighted by molar-refractivity contribution is -0.130. The number of nitrogens with zero attached hydrogens (tertiary/aromatic N) is 1. The van der Waals surface area contributed by atoms with Crippen LogP contribution in [-0.2, 0) is 4.79 Å². The van der Waals surface area contributed by atoms with Crippen LogP contribution in [0.2, 0.25) is 0 Å². The van der Waals surface area contributed by atoms with Crippen LogP contribution in [0.4, 0.5) is 4.39 Å². The molecule has 1 heterocycles. The molecule has 0 bridgehead atoms. The lowest BCUT2D eigenvalue weighted by Gasteiger charge is -2.27. The number of amides is 2. The van der Waals surface area contributed by atoms with Crippen molar-refractivity contribution < 1.29 is 19.1 Å². The van der Waals surface area contributed by atoms with Gasteiger partial charge in [-0.3, -0.25) is 9.59 Å². The highest BCUT2D eigenvalue weighted by Gasteiger charge is 2.18. The normalized spacial score (nSPS) is 14.9.